The first-order valence-electron chi connectivity index (χ1n) is 7.64. The van der Waals surface area contributed by atoms with Gasteiger partial charge in [-0.15, -0.1) is 11.3 Å². The molecule has 1 N–H and O–H groups in total. The molecule has 0 saturated heterocycles. The topological polar surface area (TPSA) is 38.0 Å². The first kappa shape index (κ1) is 15.1. The van der Waals surface area contributed by atoms with Gasteiger partial charge in [0.05, 0.1) is 11.8 Å². The molecule has 21 heavy (non-hydrogen) atoms. The van der Waals surface area contributed by atoms with Crippen LogP contribution in [0.1, 0.15) is 46.7 Å². The summed E-state index contributed by atoms with van der Waals surface area (Å²) >= 11 is 3.79. The number of fused-ring (bicyclic) bond motifs is 1. The van der Waals surface area contributed by atoms with Crippen LogP contribution in [-0.4, -0.2) is 20.6 Å². The van der Waals surface area contributed by atoms with Crippen molar-refractivity contribution in [3.63, 3.8) is 0 Å². The van der Waals surface area contributed by atoms with Crippen LogP contribution in [0.2, 0.25) is 0 Å². The third-order valence-corrected chi connectivity index (χ3v) is 6.30. The van der Waals surface area contributed by atoms with Gasteiger partial charge in [-0.25, -0.2) is 0 Å². The fraction of sp³-hybridized carbons (Fsp3) is 0.562. The summed E-state index contributed by atoms with van der Waals surface area (Å²) in [7, 11) is 0. The molecule has 114 valence electrons. The van der Waals surface area contributed by atoms with E-state index >= 15 is 0 Å². The number of aliphatic hydroxyl groups excluding tert-OH is 1. The Morgan fingerprint density at radius 2 is 2.24 bits per heavy atom. The summed E-state index contributed by atoms with van der Waals surface area (Å²) in [4.78, 5) is 2.59. The molecule has 0 radical (unpaired) electrons. The van der Waals surface area contributed by atoms with E-state index in [1.807, 2.05) is 16.4 Å². The van der Waals surface area contributed by atoms with Crippen LogP contribution in [0, 0.1) is 0 Å². The standard InChI is InChI=1S/C16H22N2OS2/c1-3-12-8-13(18(4-2)17-12)9-14(19)16-7-11-10-20-6-5-15(11)21-16/h7-8,14,19H,3-6,9-10H2,1-2H3. The van der Waals surface area contributed by atoms with E-state index < -0.39 is 6.10 Å². The molecule has 5 heteroatoms. The molecule has 1 aliphatic heterocycles. The largest absolute Gasteiger partial charge is 0.387 e. The molecule has 0 spiro atoms. The number of thiophene rings is 1. The van der Waals surface area contributed by atoms with Crippen molar-refractivity contribution in [3.8, 4) is 0 Å². The fourth-order valence-corrected chi connectivity index (χ4v) is 5.12. The van der Waals surface area contributed by atoms with Gasteiger partial charge in [0.15, 0.2) is 0 Å². The molecule has 0 saturated carbocycles. The number of nitrogens with zero attached hydrogens (tertiary/aromatic N) is 2. The van der Waals surface area contributed by atoms with Gasteiger partial charge in [-0.2, -0.15) is 16.9 Å². The zero-order valence-electron chi connectivity index (χ0n) is 12.6. The van der Waals surface area contributed by atoms with E-state index in [-0.39, 0.29) is 0 Å². The lowest BCUT2D eigenvalue weighted by Gasteiger charge is -2.09. The Hall–Kier alpha value is -0.780. The Balaban J connectivity index is 1.78. The van der Waals surface area contributed by atoms with Gasteiger partial charge in [0.25, 0.3) is 0 Å². The van der Waals surface area contributed by atoms with Crippen LogP contribution >= 0.6 is 23.1 Å². The lowest BCUT2D eigenvalue weighted by atomic mass is 10.1. The SMILES string of the molecule is CCc1cc(CC(O)c2cc3c(s2)CCSC3)n(CC)n1. The molecule has 0 bridgehead atoms. The second-order valence-corrected chi connectivity index (χ2v) is 7.69. The molecule has 0 aliphatic carbocycles. The number of hydrogen-bond acceptors (Lipinski definition) is 4. The summed E-state index contributed by atoms with van der Waals surface area (Å²) in [5.41, 5.74) is 3.69. The number of rotatable bonds is 5. The Morgan fingerprint density at radius 3 is 2.95 bits per heavy atom. The average Bonchev–Trinajstić information content (AvgIpc) is 3.10. The second kappa shape index (κ2) is 6.55. The van der Waals surface area contributed by atoms with Gasteiger partial charge in [0.2, 0.25) is 0 Å². The van der Waals surface area contributed by atoms with Gasteiger partial charge in [-0.3, -0.25) is 4.68 Å². The molecule has 0 amide bonds. The molecule has 1 aliphatic rings. The molecule has 3 nitrogen and oxygen atoms in total. The van der Waals surface area contributed by atoms with Crippen LogP contribution in [0.4, 0.5) is 0 Å². The number of aryl methyl sites for hydroxylation is 3. The van der Waals surface area contributed by atoms with E-state index in [2.05, 4.69) is 31.1 Å². The average molecular weight is 322 g/mol. The molecule has 1 unspecified atom stereocenters. The van der Waals surface area contributed by atoms with E-state index in [9.17, 15) is 5.11 Å². The number of hydrogen-bond donors (Lipinski definition) is 1. The van der Waals surface area contributed by atoms with Crippen LogP contribution in [0.25, 0.3) is 0 Å². The maximum absolute atomic E-state index is 10.6. The molecular formula is C16H22N2OS2. The van der Waals surface area contributed by atoms with Crippen LogP contribution in [-0.2, 0) is 31.6 Å². The Morgan fingerprint density at radius 1 is 1.38 bits per heavy atom. The predicted octanol–water partition coefficient (Wildman–Crippen LogP) is 3.59. The minimum absolute atomic E-state index is 0.405. The highest BCUT2D eigenvalue weighted by atomic mass is 32.2. The Kier molecular flexibility index (Phi) is 4.72. The predicted molar refractivity (Wildman–Crippen MR) is 90.1 cm³/mol. The van der Waals surface area contributed by atoms with Gasteiger partial charge in [-0.05, 0) is 43.2 Å². The summed E-state index contributed by atoms with van der Waals surface area (Å²) in [5.74, 6) is 2.32. The van der Waals surface area contributed by atoms with E-state index in [1.54, 1.807) is 11.3 Å². The summed E-state index contributed by atoms with van der Waals surface area (Å²) in [6.07, 6.45) is 2.36. The van der Waals surface area contributed by atoms with Crippen LogP contribution < -0.4 is 0 Å². The van der Waals surface area contributed by atoms with Crippen molar-refractivity contribution in [2.75, 3.05) is 5.75 Å². The number of thioether (sulfide) groups is 1. The van der Waals surface area contributed by atoms with Crippen molar-refractivity contribution in [2.45, 2.75) is 51.5 Å². The first-order chi connectivity index (χ1) is 10.2. The van der Waals surface area contributed by atoms with E-state index in [4.69, 9.17) is 0 Å². The maximum atomic E-state index is 10.6. The highest BCUT2D eigenvalue weighted by Gasteiger charge is 2.19. The van der Waals surface area contributed by atoms with E-state index in [0.717, 1.165) is 41.4 Å². The van der Waals surface area contributed by atoms with Gasteiger partial charge >= 0.3 is 0 Å². The second-order valence-electron chi connectivity index (χ2n) is 5.42. The molecular weight excluding hydrogens is 300 g/mol. The lowest BCUT2D eigenvalue weighted by molar-refractivity contribution is 0.179. The molecule has 1 atom stereocenters. The zero-order valence-corrected chi connectivity index (χ0v) is 14.3. The third-order valence-electron chi connectivity index (χ3n) is 3.95. The van der Waals surface area contributed by atoms with Crippen LogP contribution in [0.5, 0.6) is 0 Å². The molecule has 2 aromatic heterocycles. The Bertz CT molecular complexity index is 594. The van der Waals surface area contributed by atoms with Gasteiger partial charge in [-0.1, -0.05) is 6.92 Å². The molecule has 0 fully saturated rings. The molecule has 3 heterocycles. The lowest BCUT2D eigenvalue weighted by Crippen LogP contribution is -2.07. The van der Waals surface area contributed by atoms with Crippen molar-refractivity contribution in [1.82, 2.24) is 9.78 Å². The minimum Gasteiger partial charge on any atom is -0.387 e. The van der Waals surface area contributed by atoms with E-state index in [0.29, 0.717) is 6.42 Å². The van der Waals surface area contributed by atoms with Crippen LogP contribution in [0.3, 0.4) is 0 Å². The quantitative estimate of drug-likeness (QED) is 0.914. The molecule has 2 aromatic rings. The zero-order chi connectivity index (χ0) is 14.8. The van der Waals surface area contributed by atoms with Gasteiger partial charge in [0, 0.05) is 34.2 Å². The highest BCUT2D eigenvalue weighted by Crippen LogP contribution is 2.35. The number of aromatic nitrogens is 2. The van der Waals surface area contributed by atoms with Gasteiger partial charge in [0.1, 0.15) is 0 Å². The molecule has 3 rings (SSSR count). The van der Waals surface area contributed by atoms with Crippen molar-refractivity contribution in [1.29, 1.82) is 0 Å². The smallest absolute Gasteiger partial charge is 0.0937 e. The summed E-state index contributed by atoms with van der Waals surface area (Å²) in [5, 5.41) is 15.2. The fourth-order valence-electron chi connectivity index (χ4n) is 2.76. The number of aliphatic hydroxyl groups is 1. The normalized spacial score (nSPS) is 16.0. The Labute approximate surface area is 134 Å². The van der Waals surface area contributed by atoms with E-state index in [1.165, 1.54) is 16.2 Å². The summed E-state index contributed by atoms with van der Waals surface area (Å²) in [6, 6.07) is 4.35. The van der Waals surface area contributed by atoms with Crippen LogP contribution in [0.15, 0.2) is 12.1 Å². The molecule has 0 aromatic carbocycles. The highest BCUT2D eigenvalue weighted by molar-refractivity contribution is 7.98. The maximum Gasteiger partial charge on any atom is 0.0937 e. The summed E-state index contributed by atoms with van der Waals surface area (Å²) in [6.45, 7) is 5.08. The third kappa shape index (κ3) is 3.20. The van der Waals surface area contributed by atoms with Crippen molar-refractivity contribution in [2.24, 2.45) is 0 Å². The van der Waals surface area contributed by atoms with Crippen molar-refractivity contribution in [3.05, 3.63) is 38.8 Å². The van der Waals surface area contributed by atoms with Crippen molar-refractivity contribution < 1.29 is 5.11 Å². The summed E-state index contributed by atoms with van der Waals surface area (Å²) < 4.78 is 2.02. The monoisotopic (exact) mass is 322 g/mol. The van der Waals surface area contributed by atoms with Crippen molar-refractivity contribution >= 4 is 23.1 Å². The minimum atomic E-state index is -0.405. The first-order valence-corrected chi connectivity index (χ1v) is 9.61. The van der Waals surface area contributed by atoms with Gasteiger partial charge < -0.3 is 5.11 Å².